The zero-order valence-corrected chi connectivity index (χ0v) is 16.2. The highest BCUT2D eigenvalue weighted by molar-refractivity contribution is 6.31. The average Bonchev–Trinajstić information content (AvgIpc) is 3.43. The van der Waals surface area contributed by atoms with Gasteiger partial charge in [-0.25, -0.2) is 0 Å². The summed E-state index contributed by atoms with van der Waals surface area (Å²) >= 11 is 6.12. The van der Waals surface area contributed by atoms with Gasteiger partial charge >= 0.3 is 0 Å². The number of nitrogens with one attached hydrogen (secondary N) is 2. The summed E-state index contributed by atoms with van der Waals surface area (Å²) in [6, 6.07) is 3.65. The van der Waals surface area contributed by atoms with Gasteiger partial charge in [0.25, 0.3) is 0 Å². The number of halogens is 1. The van der Waals surface area contributed by atoms with E-state index in [1.54, 1.807) is 12.1 Å². The van der Waals surface area contributed by atoms with Gasteiger partial charge in [-0.15, -0.1) is 0 Å². The van der Waals surface area contributed by atoms with Crippen LogP contribution in [0, 0.1) is 12.3 Å². The molecule has 0 heterocycles. The molecule has 2 saturated carbocycles. The zero-order chi connectivity index (χ0) is 18.7. The van der Waals surface area contributed by atoms with E-state index in [2.05, 4.69) is 10.6 Å². The molecule has 2 amide bonds. The molecule has 142 valence electrons. The number of rotatable bonds is 5. The van der Waals surface area contributed by atoms with E-state index < -0.39 is 5.41 Å². The number of ether oxygens (including phenoxy) is 1. The van der Waals surface area contributed by atoms with Crippen LogP contribution in [0.2, 0.25) is 5.02 Å². The Kier molecular flexibility index (Phi) is 5.76. The Hall–Kier alpha value is -1.75. The molecule has 0 aromatic heterocycles. The molecule has 1 aromatic rings. The van der Waals surface area contributed by atoms with Crippen molar-refractivity contribution in [2.24, 2.45) is 5.41 Å². The maximum absolute atomic E-state index is 12.9. The van der Waals surface area contributed by atoms with E-state index >= 15 is 0 Å². The van der Waals surface area contributed by atoms with E-state index in [4.69, 9.17) is 16.3 Å². The fourth-order valence-electron chi connectivity index (χ4n) is 3.60. The van der Waals surface area contributed by atoms with Crippen LogP contribution < -0.4 is 15.4 Å². The van der Waals surface area contributed by atoms with Crippen LogP contribution in [0.1, 0.15) is 56.9 Å². The lowest BCUT2D eigenvalue weighted by Crippen LogP contribution is -2.44. The summed E-state index contributed by atoms with van der Waals surface area (Å²) in [5.74, 6) is 0.101. The van der Waals surface area contributed by atoms with Gasteiger partial charge in [-0.1, -0.05) is 37.3 Å². The average molecular weight is 379 g/mol. The van der Waals surface area contributed by atoms with Gasteiger partial charge in [0.1, 0.15) is 11.2 Å². The number of methoxy groups -OCH3 is 1. The first-order chi connectivity index (χ1) is 12.5. The topological polar surface area (TPSA) is 67.4 Å². The van der Waals surface area contributed by atoms with Gasteiger partial charge in [0.05, 0.1) is 12.8 Å². The van der Waals surface area contributed by atoms with Gasteiger partial charge in [0, 0.05) is 17.1 Å². The molecule has 5 nitrogen and oxygen atoms in total. The number of amides is 2. The molecule has 2 N–H and O–H groups in total. The zero-order valence-electron chi connectivity index (χ0n) is 15.5. The Morgan fingerprint density at radius 3 is 2.35 bits per heavy atom. The van der Waals surface area contributed by atoms with Crippen molar-refractivity contribution in [3.63, 3.8) is 0 Å². The van der Waals surface area contributed by atoms with Crippen LogP contribution in [0.25, 0.3) is 0 Å². The molecule has 2 aliphatic carbocycles. The Bertz CT molecular complexity index is 693. The van der Waals surface area contributed by atoms with E-state index in [9.17, 15) is 9.59 Å². The molecule has 0 aliphatic heterocycles. The van der Waals surface area contributed by atoms with Gasteiger partial charge in [-0.05, 0) is 44.2 Å². The summed E-state index contributed by atoms with van der Waals surface area (Å²) in [5, 5.41) is 6.58. The maximum Gasteiger partial charge on any atom is 0.240 e. The fourth-order valence-corrected chi connectivity index (χ4v) is 3.75. The minimum absolute atomic E-state index is 0.133. The molecule has 0 spiro atoms. The minimum Gasteiger partial charge on any atom is -0.495 e. The molecule has 3 rings (SSSR count). The molecular weight excluding hydrogens is 352 g/mol. The van der Waals surface area contributed by atoms with Crippen LogP contribution in [0.5, 0.6) is 5.75 Å². The summed E-state index contributed by atoms with van der Waals surface area (Å²) in [7, 11) is 1.53. The van der Waals surface area contributed by atoms with Gasteiger partial charge in [0.15, 0.2) is 0 Å². The molecular formula is C20H27ClN2O3. The first kappa shape index (κ1) is 19.0. The standard InChI is InChI=1S/C20H27ClN2O3/c1-13-11-16(17(26-2)12-15(13)21)23-19(25)20(9-10-20)18(24)22-14-7-5-3-4-6-8-14/h11-12,14H,3-10H2,1-2H3,(H,22,24)(H,23,25). The summed E-state index contributed by atoms with van der Waals surface area (Å²) < 4.78 is 5.31. The Morgan fingerprint density at radius 1 is 1.12 bits per heavy atom. The lowest BCUT2D eigenvalue weighted by atomic mass is 10.0. The molecule has 2 aliphatic rings. The highest BCUT2D eigenvalue weighted by Crippen LogP contribution is 2.47. The third-order valence-electron chi connectivity index (χ3n) is 5.54. The number of aryl methyl sites for hydroxylation is 1. The van der Waals surface area contributed by atoms with Crippen molar-refractivity contribution in [1.82, 2.24) is 5.32 Å². The fraction of sp³-hybridized carbons (Fsp3) is 0.600. The van der Waals surface area contributed by atoms with Gasteiger partial charge < -0.3 is 15.4 Å². The van der Waals surface area contributed by atoms with Gasteiger partial charge in [-0.3, -0.25) is 9.59 Å². The van der Waals surface area contributed by atoms with E-state index in [-0.39, 0.29) is 17.9 Å². The predicted octanol–water partition coefficient (Wildman–Crippen LogP) is 4.21. The Balaban J connectivity index is 1.69. The molecule has 0 saturated heterocycles. The quantitative estimate of drug-likeness (QED) is 0.595. The lowest BCUT2D eigenvalue weighted by molar-refractivity contribution is -0.134. The third kappa shape index (κ3) is 3.98. The SMILES string of the molecule is COc1cc(Cl)c(C)cc1NC(=O)C1(C(=O)NC2CCCCCC2)CC1. The van der Waals surface area contributed by atoms with Crippen LogP contribution in [-0.4, -0.2) is 25.0 Å². The highest BCUT2D eigenvalue weighted by atomic mass is 35.5. The van der Waals surface area contributed by atoms with Crippen LogP contribution in [0.3, 0.4) is 0 Å². The monoisotopic (exact) mass is 378 g/mol. The smallest absolute Gasteiger partial charge is 0.240 e. The van der Waals surface area contributed by atoms with Crippen LogP contribution in [0.4, 0.5) is 5.69 Å². The Morgan fingerprint density at radius 2 is 1.77 bits per heavy atom. The van der Waals surface area contributed by atoms with Crippen molar-refractivity contribution in [2.45, 2.75) is 64.3 Å². The molecule has 0 unspecified atom stereocenters. The van der Waals surface area contributed by atoms with Crippen molar-refractivity contribution in [2.75, 3.05) is 12.4 Å². The molecule has 0 radical (unpaired) electrons. The minimum atomic E-state index is -0.940. The first-order valence-corrected chi connectivity index (χ1v) is 9.80. The van der Waals surface area contributed by atoms with Crippen molar-refractivity contribution in [1.29, 1.82) is 0 Å². The van der Waals surface area contributed by atoms with Crippen LogP contribution in [0.15, 0.2) is 12.1 Å². The molecule has 0 atom stereocenters. The van der Waals surface area contributed by atoms with E-state index in [1.807, 2.05) is 6.92 Å². The van der Waals surface area contributed by atoms with Crippen molar-refractivity contribution < 1.29 is 14.3 Å². The molecule has 1 aromatic carbocycles. The second-order valence-electron chi connectivity index (χ2n) is 7.50. The van der Waals surface area contributed by atoms with E-state index in [0.717, 1.165) is 31.2 Å². The molecule has 26 heavy (non-hydrogen) atoms. The number of anilines is 1. The molecule has 2 fully saturated rings. The largest absolute Gasteiger partial charge is 0.495 e. The second-order valence-corrected chi connectivity index (χ2v) is 7.91. The summed E-state index contributed by atoms with van der Waals surface area (Å²) in [6.07, 6.45) is 7.94. The number of hydrogen-bond donors (Lipinski definition) is 2. The molecule has 0 bridgehead atoms. The summed E-state index contributed by atoms with van der Waals surface area (Å²) in [4.78, 5) is 25.6. The lowest BCUT2D eigenvalue weighted by Gasteiger charge is -2.21. The predicted molar refractivity (Wildman–Crippen MR) is 103 cm³/mol. The maximum atomic E-state index is 12.9. The number of carbonyl (C=O) groups is 2. The summed E-state index contributed by atoms with van der Waals surface area (Å²) in [6.45, 7) is 1.86. The van der Waals surface area contributed by atoms with Gasteiger partial charge in [0.2, 0.25) is 11.8 Å². The Labute approximate surface area is 159 Å². The summed E-state index contributed by atoms with van der Waals surface area (Å²) in [5.41, 5.74) is 0.452. The van der Waals surface area contributed by atoms with Gasteiger partial charge in [-0.2, -0.15) is 0 Å². The molecule has 6 heteroatoms. The third-order valence-corrected chi connectivity index (χ3v) is 5.95. The van der Waals surface area contributed by atoms with Crippen molar-refractivity contribution >= 4 is 29.1 Å². The van der Waals surface area contributed by atoms with Crippen LogP contribution in [-0.2, 0) is 9.59 Å². The van der Waals surface area contributed by atoms with Crippen molar-refractivity contribution in [3.05, 3.63) is 22.7 Å². The number of benzene rings is 1. The van der Waals surface area contributed by atoms with Crippen LogP contribution >= 0.6 is 11.6 Å². The normalized spacial score (nSPS) is 19.3. The second kappa shape index (κ2) is 7.87. The number of hydrogen-bond acceptors (Lipinski definition) is 3. The van der Waals surface area contributed by atoms with E-state index in [1.165, 1.54) is 20.0 Å². The van der Waals surface area contributed by atoms with Crippen molar-refractivity contribution in [3.8, 4) is 5.75 Å². The highest BCUT2D eigenvalue weighted by Gasteiger charge is 2.56. The number of carbonyl (C=O) groups excluding carboxylic acids is 2. The first-order valence-electron chi connectivity index (χ1n) is 9.43. The van der Waals surface area contributed by atoms with E-state index in [0.29, 0.717) is 29.3 Å².